The van der Waals surface area contributed by atoms with Crippen LogP contribution in [-0.4, -0.2) is 18.0 Å². The number of fused-ring (bicyclic) bond motifs is 1. The standard InChI is InChI=1S/C14H19NO2/c1-12(2)11(16)10(9-15)8-13(3)6-5-7-17-14(12,13)4/h8H,5-7H2,1-4H3/t13-,14+/m0/s1. The highest BCUT2D eigenvalue weighted by Crippen LogP contribution is 2.56. The van der Waals surface area contributed by atoms with E-state index in [2.05, 4.69) is 6.92 Å². The summed E-state index contributed by atoms with van der Waals surface area (Å²) in [5, 5.41) is 9.10. The normalized spacial score (nSPS) is 40.2. The van der Waals surface area contributed by atoms with Gasteiger partial charge in [-0.2, -0.15) is 5.26 Å². The van der Waals surface area contributed by atoms with Gasteiger partial charge in [-0.25, -0.2) is 0 Å². The van der Waals surface area contributed by atoms with E-state index < -0.39 is 11.0 Å². The van der Waals surface area contributed by atoms with E-state index in [0.29, 0.717) is 12.2 Å². The van der Waals surface area contributed by atoms with E-state index in [4.69, 9.17) is 10.00 Å². The second kappa shape index (κ2) is 3.43. The zero-order valence-electron chi connectivity index (χ0n) is 11.0. The van der Waals surface area contributed by atoms with Crippen LogP contribution in [0.15, 0.2) is 11.6 Å². The van der Waals surface area contributed by atoms with Gasteiger partial charge in [-0.3, -0.25) is 4.79 Å². The lowest BCUT2D eigenvalue weighted by Gasteiger charge is -2.57. The van der Waals surface area contributed by atoms with E-state index in [9.17, 15) is 4.79 Å². The molecule has 1 saturated heterocycles. The zero-order valence-corrected chi connectivity index (χ0v) is 11.0. The van der Waals surface area contributed by atoms with E-state index in [1.54, 1.807) is 0 Å². The second-order valence-electron chi connectivity index (χ2n) is 6.03. The van der Waals surface area contributed by atoms with Gasteiger partial charge in [0.15, 0.2) is 5.78 Å². The van der Waals surface area contributed by atoms with E-state index >= 15 is 0 Å². The fourth-order valence-corrected chi connectivity index (χ4v) is 3.24. The van der Waals surface area contributed by atoms with Gasteiger partial charge in [0.2, 0.25) is 0 Å². The molecule has 3 nitrogen and oxygen atoms in total. The van der Waals surface area contributed by atoms with Gasteiger partial charge in [0.25, 0.3) is 0 Å². The van der Waals surface area contributed by atoms with Crippen molar-refractivity contribution in [1.82, 2.24) is 0 Å². The Kier molecular flexibility index (Phi) is 2.48. The van der Waals surface area contributed by atoms with Gasteiger partial charge in [0.05, 0.1) is 16.6 Å². The third-order valence-electron chi connectivity index (χ3n) is 4.91. The first-order chi connectivity index (χ1) is 7.78. The van der Waals surface area contributed by atoms with Crippen LogP contribution in [-0.2, 0) is 9.53 Å². The molecule has 0 aromatic rings. The molecule has 0 unspecified atom stereocenters. The lowest BCUT2D eigenvalue weighted by molar-refractivity contribution is -0.200. The fourth-order valence-electron chi connectivity index (χ4n) is 3.24. The Labute approximate surface area is 102 Å². The van der Waals surface area contributed by atoms with Crippen LogP contribution in [0.1, 0.15) is 40.5 Å². The first-order valence-electron chi connectivity index (χ1n) is 6.10. The van der Waals surface area contributed by atoms with Crippen molar-refractivity contribution in [3.05, 3.63) is 11.6 Å². The average molecular weight is 233 g/mol. The molecular weight excluding hydrogens is 214 g/mol. The SMILES string of the molecule is CC1(C)C(=O)C(C#N)=C[C@]2(C)CCCO[C@]12C. The van der Waals surface area contributed by atoms with Crippen LogP contribution in [0, 0.1) is 22.2 Å². The highest BCUT2D eigenvalue weighted by atomic mass is 16.5. The summed E-state index contributed by atoms with van der Waals surface area (Å²) in [6, 6.07) is 2.04. The molecular formula is C14H19NO2. The minimum Gasteiger partial charge on any atom is -0.373 e. The second-order valence-corrected chi connectivity index (χ2v) is 6.03. The number of nitriles is 1. The van der Waals surface area contributed by atoms with E-state index in [-0.39, 0.29) is 11.2 Å². The molecule has 0 N–H and O–H groups in total. The van der Waals surface area contributed by atoms with Gasteiger partial charge < -0.3 is 4.74 Å². The molecule has 0 bridgehead atoms. The number of ether oxygens (including phenoxy) is 1. The zero-order chi connectivity index (χ0) is 12.9. The van der Waals surface area contributed by atoms with Crippen molar-refractivity contribution in [1.29, 1.82) is 5.26 Å². The lowest BCUT2D eigenvalue weighted by Crippen LogP contribution is -2.63. The molecule has 0 radical (unpaired) electrons. The van der Waals surface area contributed by atoms with Crippen molar-refractivity contribution in [3.63, 3.8) is 0 Å². The topological polar surface area (TPSA) is 50.1 Å². The number of ketones is 1. The maximum Gasteiger partial charge on any atom is 0.181 e. The minimum atomic E-state index is -0.651. The Bertz CT molecular complexity index is 444. The predicted molar refractivity (Wildman–Crippen MR) is 64.2 cm³/mol. The van der Waals surface area contributed by atoms with Crippen molar-refractivity contribution < 1.29 is 9.53 Å². The van der Waals surface area contributed by atoms with Crippen molar-refractivity contribution in [3.8, 4) is 6.07 Å². The molecule has 92 valence electrons. The molecule has 2 atom stereocenters. The highest BCUT2D eigenvalue weighted by Gasteiger charge is 2.61. The number of allylic oxidation sites excluding steroid dienone is 1. The summed E-state index contributed by atoms with van der Waals surface area (Å²) >= 11 is 0. The summed E-state index contributed by atoms with van der Waals surface area (Å²) in [4.78, 5) is 12.3. The van der Waals surface area contributed by atoms with Crippen LogP contribution >= 0.6 is 0 Å². The minimum absolute atomic E-state index is 0.0955. The smallest absolute Gasteiger partial charge is 0.181 e. The molecule has 0 saturated carbocycles. The van der Waals surface area contributed by atoms with Gasteiger partial charge in [0.1, 0.15) is 6.07 Å². The van der Waals surface area contributed by atoms with Crippen LogP contribution in [0.25, 0.3) is 0 Å². The first-order valence-corrected chi connectivity index (χ1v) is 6.10. The van der Waals surface area contributed by atoms with Crippen LogP contribution in [0.3, 0.4) is 0 Å². The molecule has 2 rings (SSSR count). The molecule has 1 fully saturated rings. The van der Waals surface area contributed by atoms with Gasteiger partial charge in [-0.15, -0.1) is 0 Å². The van der Waals surface area contributed by atoms with E-state index in [1.165, 1.54) is 0 Å². The molecule has 0 amide bonds. The molecule has 1 aliphatic heterocycles. The Hall–Kier alpha value is -1.14. The van der Waals surface area contributed by atoms with E-state index in [1.807, 2.05) is 32.9 Å². The van der Waals surface area contributed by atoms with Gasteiger partial charge in [0, 0.05) is 12.0 Å². The maximum absolute atomic E-state index is 12.3. The monoisotopic (exact) mass is 233 g/mol. The number of hydrogen-bond acceptors (Lipinski definition) is 3. The predicted octanol–water partition coefficient (Wildman–Crippen LogP) is 2.62. The summed E-state index contributed by atoms with van der Waals surface area (Å²) < 4.78 is 5.98. The maximum atomic E-state index is 12.3. The number of carbonyl (C=O) groups excluding carboxylic acids is 1. The van der Waals surface area contributed by atoms with Crippen molar-refractivity contribution in [2.24, 2.45) is 10.8 Å². The third-order valence-corrected chi connectivity index (χ3v) is 4.91. The van der Waals surface area contributed by atoms with Crippen LogP contribution < -0.4 is 0 Å². The van der Waals surface area contributed by atoms with Crippen LogP contribution in [0.4, 0.5) is 0 Å². The fraction of sp³-hybridized carbons (Fsp3) is 0.714. The number of nitrogens with zero attached hydrogens (tertiary/aromatic N) is 1. The molecule has 3 heteroatoms. The summed E-state index contributed by atoms with van der Waals surface area (Å²) in [6.45, 7) is 8.58. The Morgan fingerprint density at radius 2 is 2.00 bits per heavy atom. The van der Waals surface area contributed by atoms with Crippen LogP contribution in [0.5, 0.6) is 0 Å². The highest BCUT2D eigenvalue weighted by molar-refractivity contribution is 6.04. The van der Waals surface area contributed by atoms with Crippen molar-refractivity contribution in [2.75, 3.05) is 6.61 Å². The van der Waals surface area contributed by atoms with Crippen molar-refractivity contribution >= 4 is 5.78 Å². The summed E-state index contributed by atoms with van der Waals surface area (Å²) in [6.07, 6.45) is 3.77. The third kappa shape index (κ3) is 1.34. The van der Waals surface area contributed by atoms with Crippen LogP contribution in [0.2, 0.25) is 0 Å². The lowest BCUT2D eigenvalue weighted by atomic mass is 9.52. The van der Waals surface area contributed by atoms with Gasteiger partial charge >= 0.3 is 0 Å². The summed E-state index contributed by atoms with van der Waals surface area (Å²) in [5.74, 6) is -0.0955. The number of hydrogen-bond donors (Lipinski definition) is 0. The summed E-state index contributed by atoms with van der Waals surface area (Å²) in [7, 11) is 0. The Morgan fingerprint density at radius 3 is 2.59 bits per heavy atom. The number of rotatable bonds is 0. The molecule has 1 heterocycles. The molecule has 0 aromatic heterocycles. The molecule has 0 aromatic carbocycles. The van der Waals surface area contributed by atoms with Gasteiger partial charge in [-0.05, 0) is 33.6 Å². The Morgan fingerprint density at radius 1 is 1.35 bits per heavy atom. The number of carbonyl (C=O) groups is 1. The number of Topliss-reactive ketones (excluding diaryl/α,β-unsaturated/α-hetero) is 1. The molecule has 17 heavy (non-hydrogen) atoms. The quantitative estimate of drug-likeness (QED) is 0.646. The molecule has 1 aliphatic carbocycles. The molecule has 0 spiro atoms. The van der Waals surface area contributed by atoms with E-state index in [0.717, 1.165) is 12.8 Å². The van der Waals surface area contributed by atoms with Gasteiger partial charge in [-0.1, -0.05) is 13.0 Å². The van der Waals surface area contributed by atoms with Crippen molar-refractivity contribution in [2.45, 2.75) is 46.1 Å². The average Bonchev–Trinajstić information content (AvgIpc) is 2.28. The largest absolute Gasteiger partial charge is 0.373 e. The summed E-state index contributed by atoms with van der Waals surface area (Å²) in [5.41, 5.74) is -1.11. The molecule has 2 aliphatic rings. The Balaban J connectivity index is 2.65. The first kappa shape index (κ1) is 12.3.